The van der Waals surface area contributed by atoms with Crippen molar-refractivity contribution in [1.82, 2.24) is 4.72 Å². The molecule has 0 bridgehead atoms. The number of hydrogen-bond donors (Lipinski definition) is 3. The SMILES string of the molecule is Cc1ccc(C#Cc2ccc(S(=O)(=O)N[C@H](CCC(=O)O)C(=O)O)cc2)cc1. The van der Waals surface area contributed by atoms with Gasteiger partial charge in [-0.05, 0) is 49.7 Å². The summed E-state index contributed by atoms with van der Waals surface area (Å²) in [6.45, 7) is 1.97. The van der Waals surface area contributed by atoms with Gasteiger partial charge in [0.25, 0.3) is 0 Å². The van der Waals surface area contributed by atoms with Gasteiger partial charge in [-0.25, -0.2) is 8.42 Å². The Balaban J connectivity index is 2.13. The third-order valence-electron chi connectivity index (χ3n) is 3.81. The van der Waals surface area contributed by atoms with Gasteiger partial charge in [0.05, 0.1) is 4.90 Å². The Hall–Kier alpha value is -3.15. The summed E-state index contributed by atoms with van der Waals surface area (Å²) < 4.78 is 26.7. The summed E-state index contributed by atoms with van der Waals surface area (Å²) in [7, 11) is -4.11. The van der Waals surface area contributed by atoms with E-state index in [0.717, 1.165) is 11.1 Å². The van der Waals surface area contributed by atoms with Gasteiger partial charge >= 0.3 is 11.9 Å². The standard InChI is InChI=1S/C20H19NO6S/c1-14-2-4-15(5-3-14)6-7-16-8-10-17(11-9-16)28(26,27)21-18(20(24)25)12-13-19(22)23/h2-5,8-11,18,21H,12-13H2,1H3,(H,22,23)(H,24,25)/t18-/m1/s1. The topological polar surface area (TPSA) is 121 Å². The Kier molecular flexibility index (Phi) is 6.93. The highest BCUT2D eigenvalue weighted by molar-refractivity contribution is 7.89. The molecular weight excluding hydrogens is 382 g/mol. The van der Waals surface area contributed by atoms with E-state index in [4.69, 9.17) is 10.2 Å². The van der Waals surface area contributed by atoms with E-state index in [1.807, 2.05) is 35.9 Å². The molecule has 1 atom stereocenters. The highest BCUT2D eigenvalue weighted by atomic mass is 32.2. The Morgan fingerprint density at radius 3 is 1.93 bits per heavy atom. The maximum Gasteiger partial charge on any atom is 0.321 e. The molecule has 0 radical (unpaired) electrons. The summed E-state index contributed by atoms with van der Waals surface area (Å²) in [6.07, 6.45) is -0.822. The molecule has 0 unspecified atom stereocenters. The number of aliphatic carboxylic acids is 2. The van der Waals surface area contributed by atoms with Gasteiger partial charge < -0.3 is 10.2 Å². The molecule has 0 saturated carbocycles. The van der Waals surface area contributed by atoms with Crippen LogP contribution >= 0.6 is 0 Å². The van der Waals surface area contributed by atoms with Crippen LogP contribution in [0, 0.1) is 18.8 Å². The summed E-state index contributed by atoms with van der Waals surface area (Å²) in [5.74, 6) is 3.25. The van der Waals surface area contributed by atoms with Gasteiger partial charge in [-0.15, -0.1) is 0 Å². The lowest BCUT2D eigenvalue weighted by Gasteiger charge is -2.14. The van der Waals surface area contributed by atoms with E-state index in [1.165, 1.54) is 24.3 Å². The number of carboxylic acids is 2. The van der Waals surface area contributed by atoms with Crippen molar-refractivity contribution in [1.29, 1.82) is 0 Å². The molecule has 2 rings (SSSR count). The maximum atomic E-state index is 12.4. The van der Waals surface area contributed by atoms with Gasteiger partial charge in [0, 0.05) is 17.5 Å². The molecule has 0 aliphatic heterocycles. The molecule has 0 spiro atoms. The largest absolute Gasteiger partial charge is 0.481 e. The Morgan fingerprint density at radius 1 is 0.964 bits per heavy atom. The van der Waals surface area contributed by atoms with Crippen molar-refractivity contribution in [3.05, 3.63) is 65.2 Å². The van der Waals surface area contributed by atoms with Crippen LogP contribution in [0.3, 0.4) is 0 Å². The summed E-state index contributed by atoms with van der Waals surface area (Å²) in [5.41, 5.74) is 2.54. The van der Waals surface area contributed by atoms with Crippen LogP contribution in [0.2, 0.25) is 0 Å². The first kappa shape index (κ1) is 21.2. The molecule has 7 nitrogen and oxygen atoms in total. The number of nitrogens with one attached hydrogen (secondary N) is 1. The third-order valence-corrected chi connectivity index (χ3v) is 5.30. The van der Waals surface area contributed by atoms with Crippen LogP contribution in [-0.4, -0.2) is 36.6 Å². The van der Waals surface area contributed by atoms with Crippen molar-refractivity contribution in [2.24, 2.45) is 0 Å². The van der Waals surface area contributed by atoms with E-state index in [2.05, 4.69) is 11.8 Å². The van der Waals surface area contributed by atoms with Gasteiger partial charge in [-0.2, -0.15) is 4.72 Å². The predicted molar refractivity (Wildman–Crippen MR) is 102 cm³/mol. The van der Waals surface area contributed by atoms with Gasteiger partial charge in [0.2, 0.25) is 10.0 Å². The molecule has 0 aliphatic rings. The molecule has 0 fully saturated rings. The predicted octanol–water partition coefficient (Wildman–Crippen LogP) is 1.99. The second-order valence-electron chi connectivity index (χ2n) is 6.08. The van der Waals surface area contributed by atoms with E-state index in [0.29, 0.717) is 5.56 Å². The molecule has 0 aliphatic carbocycles. The molecule has 0 aromatic heterocycles. The molecule has 0 saturated heterocycles. The zero-order valence-corrected chi connectivity index (χ0v) is 15.9. The van der Waals surface area contributed by atoms with Gasteiger partial charge in [-0.1, -0.05) is 29.5 Å². The lowest BCUT2D eigenvalue weighted by Crippen LogP contribution is -2.41. The molecule has 0 amide bonds. The fourth-order valence-corrected chi connectivity index (χ4v) is 3.48. The zero-order valence-electron chi connectivity index (χ0n) is 15.0. The van der Waals surface area contributed by atoms with Crippen LogP contribution in [0.1, 0.15) is 29.5 Å². The average molecular weight is 401 g/mol. The number of rotatable bonds is 7. The Bertz CT molecular complexity index is 1020. The highest BCUT2D eigenvalue weighted by Crippen LogP contribution is 2.12. The van der Waals surface area contributed by atoms with Crippen LogP contribution in [0.15, 0.2) is 53.4 Å². The number of aryl methyl sites for hydroxylation is 1. The van der Waals surface area contributed by atoms with Crippen molar-refractivity contribution < 1.29 is 28.2 Å². The van der Waals surface area contributed by atoms with E-state index in [-0.39, 0.29) is 11.3 Å². The molecular formula is C20H19NO6S. The number of benzene rings is 2. The number of sulfonamides is 1. The first-order chi connectivity index (χ1) is 13.2. The van der Waals surface area contributed by atoms with Crippen LogP contribution in [0.25, 0.3) is 0 Å². The van der Waals surface area contributed by atoms with E-state index < -0.39 is 34.4 Å². The van der Waals surface area contributed by atoms with E-state index in [1.54, 1.807) is 0 Å². The van der Waals surface area contributed by atoms with Crippen molar-refractivity contribution in [2.45, 2.75) is 30.7 Å². The molecule has 2 aromatic rings. The zero-order chi connectivity index (χ0) is 20.7. The maximum absolute atomic E-state index is 12.4. The van der Waals surface area contributed by atoms with Crippen molar-refractivity contribution in [3.63, 3.8) is 0 Å². The monoisotopic (exact) mass is 401 g/mol. The van der Waals surface area contributed by atoms with E-state index in [9.17, 15) is 18.0 Å². The Morgan fingerprint density at radius 2 is 1.46 bits per heavy atom. The number of carboxylic acid groups (broad SMARTS) is 2. The number of carbonyl (C=O) groups is 2. The summed E-state index contributed by atoms with van der Waals surface area (Å²) in [5, 5.41) is 17.8. The van der Waals surface area contributed by atoms with Gasteiger partial charge in [-0.3, -0.25) is 9.59 Å². The molecule has 2 aromatic carbocycles. The van der Waals surface area contributed by atoms with Crippen LogP contribution in [0.5, 0.6) is 0 Å². The quantitative estimate of drug-likeness (QED) is 0.610. The van der Waals surface area contributed by atoms with Crippen molar-refractivity contribution in [2.75, 3.05) is 0 Å². The summed E-state index contributed by atoms with van der Waals surface area (Å²) in [6, 6.07) is 11.8. The molecule has 0 heterocycles. The minimum atomic E-state index is -4.11. The van der Waals surface area contributed by atoms with Gasteiger partial charge in [0.1, 0.15) is 6.04 Å². The van der Waals surface area contributed by atoms with Crippen LogP contribution < -0.4 is 4.72 Å². The van der Waals surface area contributed by atoms with Gasteiger partial charge in [0.15, 0.2) is 0 Å². The third kappa shape index (κ3) is 6.23. The van der Waals surface area contributed by atoms with Crippen molar-refractivity contribution >= 4 is 22.0 Å². The highest BCUT2D eigenvalue weighted by Gasteiger charge is 2.25. The molecule has 28 heavy (non-hydrogen) atoms. The smallest absolute Gasteiger partial charge is 0.321 e. The molecule has 146 valence electrons. The Labute approximate surface area is 163 Å². The summed E-state index contributed by atoms with van der Waals surface area (Å²) in [4.78, 5) is 21.6. The fourth-order valence-electron chi connectivity index (χ4n) is 2.25. The normalized spacial score (nSPS) is 11.9. The minimum Gasteiger partial charge on any atom is -0.481 e. The second-order valence-corrected chi connectivity index (χ2v) is 7.80. The lowest BCUT2D eigenvalue weighted by atomic mass is 10.1. The second kappa shape index (κ2) is 9.17. The summed E-state index contributed by atoms with van der Waals surface area (Å²) >= 11 is 0. The minimum absolute atomic E-state index is 0.130. The van der Waals surface area contributed by atoms with Crippen LogP contribution in [0.4, 0.5) is 0 Å². The van der Waals surface area contributed by atoms with Crippen LogP contribution in [-0.2, 0) is 19.6 Å². The number of hydrogen-bond acceptors (Lipinski definition) is 4. The van der Waals surface area contributed by atoms with E-state index >= 15 is 0 Å². The van der Waals surface area contributed by atoms with Crippen molar-refractivity contribution in [3.8, 4) is 11.8 Å². The average Bonchev–Trinajstić information content (AvgIpc) is 2.64. The molecule has 8 heteroatoms. The first-order valence-electron chi connectivity index (χ1n) is 8.33. The molecule has 3 N–H and O–H groups in total. The lowest BCUT2D eigenvalue weighted by molar-refractivity contribution is -0.140. The first-order valence-corrected chi connectivity index (χ1v) is 9.81. The fraction of sp³-hybridized carbons (Fsp3) is 0.200.